The molecule has 32 heavy (non-hydrogen) atoms. The number of ether oxygens (including phenoxy) is 2. The zero-order valence-electron chi connectivity index (χ0n) is 19.7. The summed E-state index contributed by atoms with van der Waals surface area (Å²) < 4.78 is 16.3. The van der Waals surface area contributed by atoms with Crippen molar-refractivity contribution in [1.29, 1.82) is 0 Å². The molecule has 2 heterocycles. The molecular weight excluding hydrogens is 521 g/mol. The van der Waals surface area contributed by atoms with Crippen LogP contribution in [0.5, 0.6) is 11.5 Å². The van der Waals surface area contributed by atoms with E-state index in [-0.39, 0.29) is 24.0 Å². The van der Waals surface area contributed by atoms with Gasteiger partial charge < -0.3 is 29.5 Å². The van der Waals surface area contributed by atoms with Crippen LogP contribution in [0.3, 0.4) is 0 Å². The van der Waals surface area contributed by atoms with Crippen LogP contribution in [-0.2, 0) is 6.54 Å². The Hall–Kier alpha value is -2.17. The van der Waals surface area contributed by atoms with Crippen LogP contribution in [0, 0.1) is 0 Å². The molecule has 0 aliphatic carbocycles. The summed E-state index contributed by atoms with van der Waals surface area (Å²) in [5.41, 5.74) is 2.13. The molecule has 1 fully saturated rings. The summed E-state index contributed by atoms with van der Waals surface area (Å²) in [4.78, 5) is 6.69. The predicted octanol–water partition coefficient (Wildman–Crippen LogP) is 4.16. The highest BCUT2D eigenvalue weighted by Crippen LogP contribution is 2.30. The number of nitrogens with zero attached hydrogens (tertiary/aromatic N) is 3. The van der Waals surface area contributed by atoms with Gasteiger partial charge in [0.05, 0.1) is 26.5 Å². The second kappa shape index (κ2) is 12.8. The topological polar surface area (TPSA) is 84.2 Å². The molecule has 0 radical (unpaired) electrons. The van der Waals surface area contributed by atoms with Gasteiger partial charge >= 0.3 is 0 Å². The smallest absolute Gasteiger partial charge is 0.191 e. The standard InChI is InChI=1S/C23H35N5O3.HI/c1-6-16(7-2)22-13-21(31-27-22)14-25-23(24-3)26-17-8-9-28(15-17)18-10-19(29-4)12-20(11-18)30-5;/h10-13,16-17H,6-9,14-15H2,1-5H3,(H2,24,25,26);1H. The van der Waals surface area contributed by atoms with E-state index < -0.39 is 0 Å². The molecule has 0 amide bonds. The third-order valence-corrected chi connectivity index (χ3v) is 5.87. The first-order chi connectivity index (χ1) is 15.1. The molecule has 1 aliphatic heterocycles. The van der Waals surface area contributed by atoms with Crippen LogP contribution < -0.4 is 25.0 Å². The molecule has 1 aromatic carbocycles. The average molecular weight is 557 g/mol. The van der Waals surface area contributed by atoms with Crippen LogP contribution in [0.1, 0.15) is 50.5 Å². The van der Waals surface area contributed by atoms with Crippen molar-refractivity contribution in [2.24, 2.45) is 4.99 Å². The van der Waals surface area contributed by atoms with Gasteiger partial charge in [-0.3, -0.25) is 4.99 Å². The summed E-state index contributed by atoms with van der Waals surface area (Å²) in [5, 5.41) is 11.1. The van der Waals surface area contributed by atoms with E-state index in [2.05, 4.69) is 39.5 Å². The minimum absolute atomic E-state index is 0. The molecule has 1 saturated heterocycles. The highest BCUT2D eigenvalue weighted by atomic mass is 127. The first-order valence-corrected chi connectivity index (χ1v) is 11.0. The van der Waals surface area contributed by atoms with Gasteiger partial charge in [0.15, 0.2) is 11.7 Å². The summed E-state index contributed by atoms with van der Waals surface area (Å²) in [6.45, 7) is 6.73. The lowest BCUT2D eigenvalue weighted by molar-refractivity contribution is 0.368. The van der Waals surface area contributed by atoms with Gasteiger partial charge in [-0.1, -0.05) is 19.0 Å². The lowest BCUT2D eigenvalue weighted by Gasteiger charge is -2.21. The van der Waals surface area contributed by atoms with Crippen molar-refractivity contribution in [1.82, 2.24) is 15.8 Å². The van der Waals surface area contributed by atoms with Crippen LogP contribution in [0.4, 0.5) is 5.69 Å². The summed E-state index contributed by atoms with van der Waals surface area (Å²) >= 11 is 0. The van der Waals surface area contributed by atoms with Gasteiger partial charge in [0, 0.05) is 62.0 Å². The van der Waals surface area contributed by atoms with E-state index in [1.165, 1.54) is 0 Å². The van der Waals surface area contributed by atoms with Crippen LogP contribution >= 0.6 is 24.0 Å². The van der Waals surface area contributed by atoms with Gasteiger partial charge in [0.2, 0.25) is 0 Å². The number of benzene rings is 1. The first kappa shape index (κ1) is 26.1. The molecule has 3 rings (SSSR count). The normalized spacial score (nSPS) is 16.1. The molecule has 0 spiro atoms. The number of aromatic nitrogens is 1. The van der Waals surface area contributed by atoms with E-state index in [9.17, 15) is 0 Å². The fourth-order valence-electron chi connectivity index (χ4n) is 3.96. The number of methoxy groups -OCH3 is 2. The molecule has 9 heteroatoms. The number of anilines is 1. The zero-order valence-corrected chi connectivity index (χ0v) is 22.0. The predicted molar refractivity (Wildman–Crippen MR) is 139 cm³/mol. The molecule has 1 atom stereocenters. The SMILES string of the molecule is CCC(CC)c1cc(CNC(=NC)NC2CCN(c3cc(OC)cc(OC)c3)C2)on1.I. The zero-order chi connectivity index (χ0) is 22.2. The number of aliphatic imine (C=N–C) groups is 1. The monoisotopic (exact) mass is 557 g/mol. The van der Waals surface area contributed by atoms with E-state index in [1.54, 1.807) is 21.3 Å². The number of halogens is 1. The van der Waals surface area contributed by atoms with Crippen molar-refractivity contribution < 1.29 is 14.0 Å². The molecule has 8 nitrogen and oxygen atoms in total. The lowest BCUT2D eigenvalue weighted by atomic mass is 9.99. The molecule has 1 aliphatic rings. The molecule has 0 saturated carbocycles. The van der Waals surface area contributed by atoms with Gasteiger partial charge in [0.25, 0.3) is 0 Å². The van der Waals surface area contributed by atoms with Gasteiger partial charge in [-0.05, 0) is 19.3 Å². The van der Waals surface area contributed by atoms with Gasteiger partial charge in [-0.2, -0.15) is 0 Å². The highest BCUT2D eigenvalue weighted by molar-refractivity contribution is 14.0. The Kier molecular flexibility index (Phi) is 10.4. The molecule has 2 aromatic rings. The van der Waals surface area contributed by atoms with Crippen molar-refractivity contribution in [3.8, 4) is 11.5 Å². The van der Waals surface area contributed by atoms with Crippen LogP contribution in [-0.4, -0.2) is 51.5 Å². The minimum atomic E-state index is 0. The second-order valence-electron chi connectivity index (χ2n) is 7.80. The summed E-state index contributed by atoms with van der Waals surface area (Å²) in [6.07, 6.45) is 3.15. The van der Waals surface area contributed by atoms with Gasteiger partial charge in [0.1, 0.15) is 11.5 Å². The Morgan fingerprint density at radius 2 is 1.88 bits per heavy atom. The Morgan fingerprint density at radius 3 is 2.47 bits per heavy atom. The van der Waals surface area contributed by atoms with Crippen LogP contribution in [0.2, 0.25) is 0 Å². The lowest BCUT2D eigenvalue weighted by Crippen LogP contribution is -2.44. The molecule has 1 aromatic heterocycles. The summed E-state index contributed by atoms with van der Waals surface area (Å²) in [7, 11) is 5.13. The number of rotatable bonds is 9. The highest BCUT2D eigenvalue weighted by Gasteiger charge is 2.24. The minimum Gasteiger partial charge on any atom is -0.497 e. The third-order valence-electron chi connectivity index (χ3n) is 5.87. The Morgan fingerprint density at radius 1 is 1.19 bits per heavy atom. The number of hydrogen-bond donors (Lipinski definition) is 2. The molecular formula is C23H36IN5O3. The summed E-state index contributed by atoms with van der Waals surface area (Å²) in [5.74, 6) is 3.62. The number of guanidine groups is 1. The van der Waals surface area contributed by atoms with Crippen molar-refractivity contribution in [2.45, 2.75) is 51.6 Å². The van der Waals surface area contributed by atoms with E-state index >= 15 is 0 Å². The van der Waals surface area contributed by atoms with Crippen LogP contribution in [0.25, 0.3) is 0 Å². The van der Waals surface area contributed by atoms with E-state index in [0.717, 1.165) is 67.0 Å². The Balaban J connectivity index is 0.00000363. The van der Waals surface area contributed by atoms with Gasteiger partial charge in [-0.25, -0.2) is 0 Å². The fourth-order valence-corrected chi connectivity index (χ4v) is 3.96. The van der Waals surface area contributed by atoms with Crippen molar-refractivity contribution in [2.75, 3.05) is 39.3 Å². The Bertz CT molecular complexity index is 847. The maximum atomic E-state index is 5.51. The van der Waals surface area contributed by atoms with Crippen molar-refractivity contribution in [3.05, 3.63) is 35.7 Å². The van der Waals surface area contributed by atoms with E-state index in [0.29, 0.717) is 18.5 Å². The largest absolute Gasteiger partial charge is 0.497 e. The number of nitrogens with one attached hydrogen (secondary N) is 2. The molecule has 1 unspecified atom stereocenters. The summed E-state index contributed by atoms with van der Waals surface area (Å²) in [6, 6.07) is 8.31. The second-order valence-corrected chi connectivity index (χ2v) is 7.80. The fraction of sp³-hybridized carbons (Fsp3) is 0.565. The van der Waals surface area contributed by atoms with E-state index in [4.69, 9.17) is 14.0 Å². The van der Waals surface area contributed by atoms with Crippen molar-refractivity contribution in [3.63, 3.8) is 0 Å². The van der Waals surface area contributed by atoms with E-state index in [1.807, 2.05) is 24.3 Å². The quantitative estimate of drug-likeness (QED) is 0.272. The molecule has 178 valence electrons. The molecule has 2 N–H and O–H groups in total. The van der Waals surface area contributed by atoms with Crippen molar-refractivity contribution >= 4 is 35.6 Å². The number of hydrogen-bond acceptors (Lipinski definition) is 6. The third kappa shape index (κ3) is 6.66. The maximum Gasteiger partial charge on any atom is 0.191 e. The Labute approximate surface area is 208 Å². The van der Waals surface area contributed by atoms with Crippen LogP contribution in [0.15, 0.2) is 33.8 Å². The average Bonchev–Trinajstić information content (AvgIpc) is 3.47. The first-order valence-electron chi connectivity index (χ1n) is 11.0. The van der Waals surface area contributed by atoms with Gasteiger partial charge in [-0.15, -0.1) is 24.0 Å². The molecule has 0 bridgehead atoms. The maximum absolute atomic E-state index is 5.51.